The summed E-state index contributed by atoms with van der Waals surface area (Å²) < 4.78 is 1.19. The van der Waals surface area contributed by atoms with Crippen LogP contribution in [0.5, 0.6) is 11.5 Å². The number of nitrogens with zero attached hydrogens (tertiary/aromatic N) is 1. The van der Waals surface area contributed by atoms with Crippen molar-refractivity contribution in [3.63, 3.8) is 0 Å². The van der Waals surface area contributed by atoms with Gasteiger partial charge in [-0.25, -0.2) is 4.98 Å². The lowest BCUT2D eigenvalue weighted by Gasteiger charge is -2.13. The molecule has 0 aliphatic heterocycles. The second-order valence-corrected chi connectivity index (χ2v) is 7.29. The highest BCUT2D eigenvalue weighted by Crippen LogP contribution is 2.37. The molecule has 4 heteroatoms. The summed E-state index contributed by atoms with van der Waals surface area (Å²) in [5.74, 6) is 0.486. The number of phenols is 2. The van der Waals surface area contributed by atoms with Crippen molar-refractivity contribution >= 4 is 27.6 Å². The van der Waals surface area contributed by atoms with E-state index in [1.165, 1.54) is 10.3 Å². The molecule has 0 bridgehead atoms. The van der Waals surface area contributed by atoms with Crippen molar-refractivity contribution in [1.82, 2.24) is 4.98 Å². The SMILES string of the molecule is Cc1ccc2sc(C/C=C/c3c(C)c(O)c(C)c(C)c3O)nc2c1. The Morgan fingerprint density at radius 2 is 1.71 bits per heavy atom. The van der Waals surface area contributed by atoms with E-state index in [0.717, 1.165) is 16.1 Å². The number of rotatable bonds is 3. The molecule has 2 aromatic carbocycles. The number of aromatic nitrogens is 1. The molecule has 1 aromatic heterocycles. The minimum absolute atomic E-state index is 0.235. The van der Waals surface area contributed by atoms with Crippen LogP contribution in [-0.4, -0.2) is 15.2 Å². The van der Waals surface area contributed by atoms with Crippen molar-refractivity contribution in [3.05, 3.63) is 57.1 Å². The topological polar surface area (TPSA) is 53.4 Å². The highest BCUT2D eigenvalue weighted by atomic mass is 32.1. The summed E-state index contributed by atoms with van der Waals surface area (Å²) in [5.41, 5.74) is 5.06. The van der Waals surface area contributed by atoms with E-state index in [4.69, 9.17) is 0 Å². The first-order valence-corrected chi connectivity index (χ1v) is 8.74. The second kappa shape index (κ2) is 6.29. The van der Waals surface area contributed by atoms with Crippen LogP contribution in [-0.2, 0) is 6.42 Å². The van der Waals surface area contributed by atoms with E-state index in [0.29, 0.717) is 23.1 Å². The molecular formula is C20H21NO2S. The standard InChI is InChI=1S/C20H21NO2S/c1-11-8-9-17-16(10-11)21-18(24-17)7-5-6-15-14(4)19(22)12(2)13(3)20(15)23/h5-6,8-10,22-23H,7H2,1-4H3/b6-5+. The Kier molecular flexibility index (Phi) is 4.33. The number of benzene rings is 2. The molecule has 0 aliphatic carbocycles. The number of fused-ring (bicyclic) bond motifs is 1. The molecule has 24 heavy (non-hydrogen) atoms. The minimum atomic E-state index is 0.235. The average Bonchev–Trinajstić information content (AvgIpc) is 2.96. The zero-order valence-electron chi connectivity index (χ0n) is 14.3. The molecule has 1 heterocycles. The van der Waals surface area contributed by atoms with Gasteiger partial charge in [0, 0.05) is 17.5 Å². The third-order valence-corrected chi connectivity index (χ3v) is 5.51. The van der Waals surface area contributed by atoms with Gasteiger partial charge in [-0.2, -0.15) is 0 Å². The van der Waals surface area contributed by atoms with Gasteiger partial charge in [0.05, 0.1) is 15.2 Å². The molecule has 0 radical (unpaired) electrons. The Morgan fingerprint density at radius 1 is 1.00 bits per heavy atom. The number of aryl methyl sites for hydroxylation is 1. The fourth-order valence-corrected chi connectivity index (χ4v) is 3.72. The van der Waals surface area contributed by atoms with Crippen LogP contribution < -0.4 is 0 Å². The monoisotopic (exact) mass is 339 g/mol. The third-order valence-electron chi connectivity index (χ3n) is 4.45. The summed E-state index contributed by atoms with van der Waals surface area (Å²) in [4.78, 5) is 4.65. The smallest absolute Gasteiger partial charge is 0.126 e. The first-order valence-electron chi connectivity index (χ1n) is 7.92. The average molecular weight is 339 g/mol. The van der Waals surface area contributed by atoms with Crippen LogP contribution in [0.3, 0.4) is 0 Å². The fraction of sp³-hybridized carbons (Fsp3) is 0.250. The molecule has 3 nitrogen and oxygen atoms in total. The number of hydrogen-bond donors (Lipinski definition) is 2. The molecule has 0 saturated heterocycles. The maximum atomic E-state index is 10.4. The van der Waals surface area contributed by atoms with Crippen molar-refractivity contribution in [1.29, 1.82) is 0 Å². The molecule has 0 saturated carbocycles. The van der Waals surface area contributed by atoms with E-state index in [2.05, 4.69) is 30.1 Å². The van der Waals surface area contributed by atoms with Gasteiger partial charge in [0.15, 0.2) is 0 Å². The van der Waals surface area contributed by atoms with Crippen LogP contribution in [0.1, 0.15) is 32.8 Å². The zero-order valence-corrected chi connectivity index (χ0v) is 15.2. The lowest BCUT2D eigenvalue weighted by molar-refractivity contribution is 0.448. The molecular weight excluding hydrogens is 318 g/mol. The molecule has 0 unspecified atom stereocenters. The molecule has 0 spiro atoms. The Morgan fingerprint density at radius 3 is 2.46 bits per heavy atom. The van der Waals surface area contributed by atoms with Crippen LogP contribution in [0.4, 0.5) is 0 Å². The first-order chi connectivity index (χ1) is 11.4. The van der Waals surface area contributed by atoms with E-state index in [1.54, 1.807) is 11.3 Å². The zero-order chi connectivity index (χ0) is 17.4. The van der Waals surface area contributed by atoms with Crippen molar-refractivity contribution in [2.45, 2.75) is 34.1 Å². The number of phenolic OH excluding ortho intramolecular Hbond substituents is 2. The Labute approximate surface area is 145 Å². The highest BCUT2D eigenvalue weighted by molar-refractivity contribution is 7.18. The van der Waals surface area contributed by atoms with Gasteiger partial charge in [-0.05, 0) is 56.5 Å². The van der Waals surface area contributed by atoms with Gasteiger partial charge in [0.1, 0.15) is 11.5 Å². The molecule has 0 fully saturated rings. The fourth-order valence-electron chi connectivity index (χ4n) is 2.80. The molecule has 2 N–H and O–H groups in total. The lowest BCUT2D eigenvalue weighted by Crippen LogP contribution is -1.92. The van der Waals surface area contributed by atoms with E-state index in [-0.39, 0.29) is 11.5 Å². The summed E-state index contributed by atoms with van der Waals surface area (Å²) >= 11 is 1.68. The Hall–Kier alpha value is -2.33. The summed E-state index contributed by atoms with van der Waals surface area (Å²) in [7, 11) is 0. The predicted octanol–water partition coefficient (Wildman–Crippen LogP) is 5.20. The first kappa shape index (κ1) is 16.5. The van der Waals surface area contributed by atoms with Gasteiger partial charge in [-0.1, -0.05) is 18.2 Å². The van der Waals surface area contributed by atoms with Crippen molar-refractivity contribution in [3.8, 4) is 11.5 Å². The van der Waals surface area contributed by atoms with Gasteiger partial charge in [-0.15, -0.1) is 11.3 Å². The van der Waals surface area contributed by atoms with Gasteiger partial charge < -0.3 is 10.2 Å². The van der Waals surface area contributed by atoms with E-state index < -0.39 is 0 Å². The summed E-state index contributed by atoms with van der Waals surface area (Å²) in [5, 5.41) is 21.6. The number of hydrogen-bond acceptors (Lipinski definition) is 4. The summed E-state index contributed by atoms with van der Waals surface area (Å²) in [6, 6.07) is 6.29. The van der Waals surface area contributed by atoms with Gasteiger partial charge >= 0.3 is 0 Å². The molecule has 3 rings (SSSR count). The lowest BCUT2D eigenvalue weighted by atomic mass is 9.97. The number of aromatic hydroxyl groups is 2. The molecule has 3 aromatic rings. The maximum Gasteiger partial charge on any atom is 0.126 e. The van der Waals surface area contributed by atoms with Gasteiger partial charge in [0.2, 0.25) is 0 Å². The predicted molar refractivity (Wildman–Crippen MR) is 101 cm³/mol. The van der Waals surface area contributed by atoms with Crippen molar-refractivity contribution in [2.24, 2.45) is 0 Å². The quantitative estimate of drug-likeness (QED) is 0.645. The van der Waals surface area contributed by atoms with Crippen LogP contribution in [0.15, 0.2) is 24.3 Å². The summed E-state index contributed by atoms with van der Waals surface area (Å²) in [6.45, 7) is 7.52. The van der Waals surface area contributed by atoms with Crippen LogP contribution in [0.25, 0.3) is 16.3 Å². The Balaban J connectivity index is 1.88. The Bertz CT molecular complexity index is 925. The normalized spacial score (nSPS) is 11.7. The van der Waals surface area contributed by atoms with Crippen molar-refractivity contribution < 1.29 is 10.2 Å². The van der Waals surface area contributed by atoms with Crippen LogP contribution in [0.2, 0.25) is 0 Å². The highest BCUT2D eigenvalue weighted by Gasteiger charge is 2.14. The van der Waals surface area contributed by atoms with E-state index >= 15 is 0 Å². The number of thiazole rings is 1. The molecule has 0 aliphatic rings. The van der Waals surface area contributed by atoms with Gasteiger partial charge in [0.25, 0.3) is 0 Å². The van der Waals surface area contributed by atoms with E-state index in [1.807, 2.05) is 32.9 Å². The van der Waals surface area contributed by atoms with Crippen LogP contribution >= 0.6 is 11.3 Å². The maximum absolute atomic E-state index is 10.4. The molecule has 124 valence electrons. The minimum Gasteiger partial charge on any atom is -0.507 e. The second-order valence-electron chi connectivity index (χ2n) is 6.17. The van der Waals surface area contributed by atoms with Crippen LogP contribution in [0, 0.1) is 27.7 Å². The molecule has 0 amide bonds. The van der Waals surface area contributed by atoms with E-state index in [9.17, 15) is 10.2 Å². The van der Waals surface area contributed by atoms with Gasteiger partial charge in [-0.3, -0.25) is 0 Å². The largest absolute Gasteiger partial charge is 0.507 e. The summed E-state index contributed by atoms with van der Waals surface area (Å²) in [6.07, 6.45) is 4.56. The third kappa shape index (κ3) is 2.89. The number of allylic oxidation sites excluding steroid dienone is 1. The molecule has 0 atom stereocenters. The van der Waals surface area contributed by atoms with Crippen molar-refractivity contribution in [2.75, 3.05) is 0 Å².